The fourth-order valence-electron chi connectivity index (χ4n) is 2.51. The molecule has 2 atom stereocenters. The van der Waals surface area contributed by atoms with E-state index < -0.39 is 11.9 Å². The Morgan fingerprint density at radius 2 is 2.00 bits per heavy atom. The Hall–Kier alpha value is -1.64. The first kappa shape index (κ1) is 12.8. The summed E-state index contributed by atoms with van der Waals surface area (Å²) in [6, 6.07) is 7.68. The molecule has 0 aromatic heterocycles. The van der Waals surface area contributed by atoms with Crippen molar-refractivity contribution in [3.8, 4) is 0 Å². The van der Waals surface area contributed by atoms with Crippen molar-refractivity contribution >= 4 is 11.8 Å². The van der Waals surface area contributed by atoms with E-state index in [0.717, 1.165) is 24.0 Å². The largest absolute Gasteiger partial charge is 0.481 e. The standard InChI is InChI=1S/C15H18O3/c1-10(15(17)18)11-5-7-12(8-6-11)13-3-2-4-14(16)9-13/h5-8,10,13H,2-4,9H2,1H3,(H,17,18)/t10-,13?/m0/s1. The van der Waals surface area contributed by atoms with Crippen molar-refractivity contribution in [2.45, 2.75) is 44.4 Å². The maximum atomic E-state index is 11.4. The summed E-state index contributed by atoms with van der Waals surface area (Å²) in [5.74, 6) is -0.628. The Bertz CT molecular complexity index is 447. The number of ketones is 1. The Morgan fingerprint density at radius 1 is 1.33 bits per heavy atom. The van der Waals surface area contributed by atoms with E-state index in [1.807, 2.05) is 24.3 Å². The molecule has 0 amide bonds. The van der Waals surface area contributed by atoms with Crippen molar-refractivity contribution < 1.29 is 14.7 Å². The van der Waals surface area contributed by atoms with Gasteiger partial charge < -0.3 is 5.11 Å². The summed E-state index contributed by atoms with van der Waals surface area (Å²) in [6.07, 6.45) is 3.37. The lowest BCUT2D eigenvalue weighted by Crippen LogP contribution is -2.13. The van der Waals surface area contributed by atoms with Gasteiger partial charge in [0.15, 0.2) is 0 Å². The first-order chi connectivity index (χ1) is 8.58. The molecule has 0 radical (unpaired) electrons. The fraction of sp³-hybridized carbons (Fsp3) is 0.467. The third-order valence-corrected chi connectivity index (χ3v) is 3.76. The Labute approximate surface area is 107 Å². The second-order valence-electron chi connectivity index (χ2n) is 5.06. The smallest absolute Gasteiger partial charge is 0.310 e. The summed E-state index contributed by atoms with van der Waals surface area (Å²) in [5.41, 5.74) is 1.97. The molecule has 1 aromatic carbocycles. The molecule has 1 aliphatic carbocycles. The molecule has 3 nitrogen and oxygen atoms in total. The molecular formula is C15H18O3. The van der Waals surface area contributed by atoms with Crippen molar-refractivity contribution in [3.63, 3.8) is 0 Å². The number of rotatable bonds is 3. The number of carboxylic acids is 1. The van der Waals surface area contributed by atoms with Crippen LogP contribution in [0.5, 0.6) is 0 Å². The summed E-state index contributed by atoms with van der Waals surface area (Å²) in [4.78, 5) is 22.3. The predicted molar refractivity (Wildman–Crippen MR) is 68.7 cm³/mol. The molecule has 0 spiro atoms. The zero-order chi connectivity index (χ0) is 13.1. The van der Waals surface area contributed by atoms with Gasteiger partial charge in [0.05, 0.1) is 5.92 Å². The number of hydrogen-bond donors (Lipinski definition) is 1. The van der Waals surface area contributed by atoms with E-state index in [2.05, 4.69) is 0 Å². The third-order valence-electron chi connectivity index (χ3n) is 3.76. The van der Waals surface area contributed by atoms with E-state index in [9.17, 15) is 9.59 Å². The Balaban J connectivity index is 2.12. The summed E-state index contributed by atoms with van der Waals surface area (Å²) in [7, 11) is 0. The zero-order valence-corrected chi connectivity index (χ0v) is 10.6. The van der Waals surface area contributed by atoms with Crippen LogP contribution in [0.2, 0.25) is 0 Å². The first-order valence-corrected chi connectivity index (χ1v) is 6.42. The predicted octanol–water partition coefficient (Wildman–Crippen LogP) is 3.10. The quantitative estimate of drug-likeness (QED) is 0.891. The molecule has 1 unspecified atom stereocenters. The maximum Gasteiger partial charge on any atom is 0.310 e. The van der Waals surface area contributed by atoms with Gasteiger partial charge in [-0.3, -0.25) is 9.59 Å². The second-order valence-corrected chi connectivity index (χ2v) is 5.06. The molecule has 0 aliphatic heterocycles. The Kier molecular flexibility index (Phi) is 3.80. The maximum absolute atomic E-state index is 11.4. The molecule has 3 heteroatoms. The highest BCUT2D eigenvalue weighted by Crippen LogP contribution is 2.31. The van der Waals surface area contributed by atoms with Crippen LogP contribution < -0.4 is 0 Å². The highest BCUT2D eigenvalue weighted by Gasteiger charge is 2.21. The van der Waals surface area contributed by atoms with Crippen molar-refractivity contribution in [2.75, 3.05) is 0 Å². The highest BCUT2D eigenvalue weighted by atomic mass is 16.4. The zero-order valence-electron chi connectivity index (χ0n) is 10.6. The molecule has 0 bridgehead atoms. The van der Waals surface area contributed by atoms with Gasteiger partial charge in [-0.2, -0.15) is 0 Å². The van der Waals surface area contributed by atoms with E-state index >= 15 is 0 Å². The molecule has 1 fully saturated rings. The van der Waals surface area contributed by atoms with Crippen molar-refractivity contribution in [3.05, 3.63) is 35.4 Å². The van der Waals surface area contributed by atoms with Gasteiger partial charge >= 0.3 is 5.97 Å². The molecule has 0 heterocycles. The third kappa shape index (κ3) is 2.78. The van der Waals surface area contributed by atoms with Gasteiger partial charge in [-0.05, 0) is 36.8 Å². The molecule has 0 saturated heterocycles. The number of carbonyl (C=O) groups excluding carboxylic acids is 1. The lowest BCUT2D eigenvalue weighted by Gasteiger charge is -2.21. The van der Waals surface area contributed by atoms with Gasteiger partial charge in [-0.25, -0.2) is 0 Å². The monoisotopic (exact) mass is 246 g/mol. The lowest BCUT2D eigenvalue weighted by molar-refractivity contribution is -0.138. The fourth-order valence-corrected chi connectivity index (χ4v) is 2.51. The summed E-state index contributed by atoms with van der Waals surface area (Å²) in [6.45, 7) is 1.68. The number of hydrogen-bond acceptors (Lipinski definition) is 2. The van der Waals surface area contributed by atoms with Crippen LogP contribution in [0.25, 0.3) is 0 Å². The van der Waals surface area contributed by atoms with Crippen LogP contribution in [0.4, 0.5) is 0 Å². The topological polar surface area (TPSA) is 54.4 Å². The molecular weight excluding hydrogens is 228 g/mol. The number of Topliss-reactive ketones (excluding diaryl/α,β-unsaturated/α-hetero) is 1. The van der Waals surface area contributed by atoms with Crippen LogP contribution in [-0.2, 0) is 9.59 Å². The van der Waals surface area contributed by atoms with Gasteiger partial charge in [0.25, 0.3) is 0 Å². The van der Waals surface area contributed by atoms with E-state index in [4.69, 9.17) is 5.11 Å². The van der Waals surface area contributed by atoms with Gasteiger partial charge in [0.2, 0.25) is 0 Å². The molecule has 1 aromatic rings. The second kappa shape index (κ2) is 5.34. The van der Waals surface area contributed by atoms with E-state index in [1.165, 1.54) is 0 Å². The SMILES string of the molecule is C[C@H](C(=O)O)c1ccc(C2CCCC(=O)C2)cc1. The number of aliphatic carboxylic acids is 1. The minimum atomic E-state index is -0.810. The number of benzene rings is 1. The van der Waals surface area contributed by atoms with Crippen LogP contribution in [0, 0.1) is 0 Å². The van der Waals surface area contributed by atoms with Crippen molar-refractivity contribution in [2.24, 2.45) is 0 Å². The van der Waals surface area contributed by atoms with Crippen LogP contribution in [-0.4, -0.2) is 16.9 Å². The van der Waals surface area contributed by atoms with E-state index in [-0.39, 0.29) is 0 Å². The summed E-state index contributed by atoms with van der Waals surface area (Å²) in [5, 5.41) is 8.94. The minimum Gasteiger partial charge on any atom is -0.481 e. The highest BCUT2D eigenvalue weighted by molar-refractivity contribution is 5.80. The molecule has 96 valence electrons. The molecule has 2 rings (SSSR count). The van der Waals surface area contributed by atoms with Crippen LogP contribution in [0.15, 0.2) is 24.3 Å². The summed E-state index contributed by atoms with van der Waals surface area (Å²) >= 11 is 0. The van der Waals surface area contributed by atoms with Gasteiger partial charge in [-0.1, -0.05) is 24.3 Å². The normalized spacial score (nSPS) is 21.6. The van der Waals surface area contributed by atoms with Gasteiger partial charge in [-0.15, -0.1) is 0 Å². The van der Waals surface area contributed by atoms with Crippen LogP contribution in [0.3, 0.4) is 0 Å². The number of carbonyl (C=O) groups is 2. The molecule has 1 saturated carbocycles. The average molecular weight is 246 g/mol. The van der Waals surface area contributed by atoms with Crippen molar-refractivity contribution in [1.82, 2.24) is 0 Å². The molecule has 18 heavy (non-hydrogen) atoms. The first-order valence-electron chi connectivity index (χ1n) is 6.42. The average Bonchev–Trinajstić information content (AvgIpc) is 2.38. The van der Waals surface area contributed by atoms with E-state index in [0.29, 0.717) is 24.5 Å². The molecule has 1 N–H and O–H groups in total. The lowest BCUT2D eigenvalue weighted by atomic mass is 9.83. The van der Waals surface area contributed by atoms with Crippen molar-refractivity contribution in [1.29, 1.82) is 0 Å². The Morgan fingerprint density at radius 3 is 2.56 bits per heavy atom. The minimum absolute atomic E-state index is 0.320. The number of carboxylic acid groups (broad SMARTS) is 1. The van der Waals surface area contributed by atoms with Gasteiger partial charge in [0.1, 0.15) is 5.78 Å². The van der Waals surface area contributed by atoms with Crippen LogP contribution in [0.1, 0.15) is 55.6 Å². The van der Waals surface area contributed by atoms with E-state index in [1.54, 1.807) is 6.92 Å². The molecule has 1 aliphatic rings. The summed E-state index contributed by atoms with van der Waals surface area (Å²) < 4.78 is 0. The van der Waals surface area contributed by atoms with Crippen LogP contribution >= 0.6 is 0 Å². The van der Waals surface area contributed by atoms with Gasteiger partial charge in [0, 0.05) is 12.8 Å².